The van der Waals surface area contributed by atoms with Crippen molar-refractivity contribution in [2.24, 2.45) is 16.6 Å². The van der Waals surface area contributed by atoms with Crippen molar-refractivity contribution >= 4 is 23.4 Å². The third kappa shape index (κ3) is 49.5. The molecule has 0 aromatic rings. The van der Waals surface area contributed by atoms with E-state index >= 15 is 0 Å². The van der Waals surface area contributed by atoms with Gasteiger partial charge < -0.3 is 114 Å². The number of likely N-dealkylation sites (tertiary alicyclic amines) is 1. The second-order valence-electron chi connectivity index (χ2n) is 30.9. The van der Waals surface area contributed by atoms with E-state index in [2.05, 4.69) is 68.0 Å². The SMILES string of the molecule is CNC1CCC(=NO)CC1.CNC1CCC(=O)CC1.CNC1CCC(N)CC1.CNC1CCC(O)CC1.CNC1CCC(OC(=O)CN)CC1.CNC1CCC(OC)CC1.CNC1CCCC(O)C1.CNC1CCCCC1O.CNC1CCCCC1OC.CNC1CN(C(=O)CCN2CCOCC2)C1.COC. The quantitative estimate of drug-likeness (QED) is 0.0489. The number of esters is 1. The topological polar surface area (TPSA) is 369 Å². The van der Waals surface area contributed by atoms with E-state index in [9.17, 15) is 24.6 Å². The van der Waals surface area contributed by atoms with Gasteiger partial charge >= 0.3 is 5.97 Å². The summed E-state index contributed by atoms with van der Waals surface area (Å²) in [5.74, 6) is 0.437. The van der Waals surface area contributed by atoms with Gasteiger partial charge in [0.2, 0.25) is 5.91 Å². The molecule has 11 aliphatic rings. The monoisotopic (exact) mass is 1530 g/mol. The number of aliphatic hydroxyl groups is 3. The summed E-state index contributed by atoms with van der Waals surface area (Å²) in [6, 6.07) is 6.47. The maximum absolute atomic E-state index is 11.8. The molecule has 107 heavy (non-hydrogen) atoms. The highest BCUT2D eigenvalue weighted by Crippen LogP contribution is 2.25. The summed E-state index contributed by atoms with van der Waals surface area (Å²) in [5, 5.41) is 71.3. The number of Topliss-reactive ketones (excluding diaryl/α,β-unsaturated/α-hetero) is 1. The number of likely N-dealkylation sites (N-methyl/N-ethyl adjacent to an activating group) is 3. The van der Waals surface area contributed by atoms with Crippen molar-refractivity contribution in [1.29, 1.82) is 0 Å². The molecule has 6 unspecified atom stereocenters. The van der Waals surface area contributed by atoms with Crippen LogP contribution in [-0.2, 0) is 38.1 Å². The highest BCUT2D eigenvalue weighted by atomic mass is 16.5. The molecular weight excluding hydrogens is 1360 g/mol. The van der Waals surface area contributed by atoms with Crippen LogP contribution in [0.5, 0.6) is 0 Å². The molecule has 0 spiro atoms. The Bertz CT molecular complexity index is 2030. The molecule has 11 rings (SSSR count). The van der Waals surface area contributed by atoms with Crippen LogP contribution in [-0.4, -0.2) is 308 Å². The number of aliphatic hydroxyl groups excluding tert-OH is 3. The number of nitrogens with one attached hydrogen (secondary N) is 10. The van der Waals surface area contributed by atoms with Crippen molar-refractivity contribution in [3.8, 4) is 0 Å². The van der Waals surface area contributed by atoms with Crippen LogP contribution in [0.1, 0.15) is 238 Å². The van der Waals surface area contributed by atoms with Gasteiger partial charge in [0.15, 0.2) is 0 Å². The molecule has 0 aromatic heterocycles. The van der Waals surface area contributed by atoms with Gasteiger partial charge in [-0.25, -0.2) is 0 Å². The standard InChI is InChI=1S/C11H21N3O2.C9H18N2O2.2C8H17NO.C7H14N2O.C7H16N2.C7H15NO.C7H13NO.2C7H15NO.C2H6O/c1-12-10-8-14(9-10)11(15)2-3-13-4-6-16-7-5-13;1-11-7-2-4-8(5-3-7)13-9(12)6-10;1-9-7-3-5-8(10-2)6-4-7;1-9-7-5-3-4-6-8(7)10-2;1-8-6-2-4-7(9-10)5-3-6;1-9-7-4-2-6(8)3-5-7;2*1-8-6-2-4-7(9)5-3-6;1-8-6-3-2-4-7(9)5-6;1-8-6-4-2-3-5-7(6)9;1-3-2/h10,12H,2-9H2,1H3;7-8,11H,2-6,10H2,1H3;2*7-9H,3-6H2,1-2H3;6,8,10H,2-5H2,1H3;6-7,9H,2-5,8H2,1H3;6-9H,2-5H2,1H3;6,8H,2-5H2,1H3;2*6-9H,2-5H2,1H3;1-2H3. The number of nitrogens with zero attached hydrogens (tertiary/aromatic N) is 3. The van der Waals surface area contributed by atoms with E-state index in [1.807, 2.05) is 82.5 Å². The van der Waals surface area contributed by atoms with Crippen LogP contribution in [0.25, 0.3) is 0 Å². The Morgan fingerprint density at radius 1 is 0.477 bits per heavy atom. The number of carbonyl (C=O) groups is 3. The fourth-order valence-corrected chi connectivity index (χ4v) is 15.3. The molecule has 2 aliphatic heterocycles. The summed E-state index contributed by atoms with van der Waals surface area (Å²) in [6.45, 7) is 6.16. The van der Waals surface area contributed by atoms with Crippen molar-refractivity contribution in [3.05, 3.63) is 0 Å². The van der Waals surface area contributed by atoms with Gasteiger partial charge in [-0.3, -0.25) is 19.3 Å². The molecule has 0 radical (unpaired) electrons. The Morgan fingerprint density at radius 2 is 0.907 bits per heavy atom. The summed E-state index contributed by atoms with van der Waals surface area (Å²) >= 11 is 0. The van der Waals surface area contributed by atoms with Crippen molar-refractivity contribution in [2.45, 2.75) is 341 Å². The van der Waals surface area contributed by atoms with E-state index in [1.54, 1.807) is 21.3 Å². The Morgan fingerprint density at radius 3 is 1.31 bits per heavy atom. The zero-order valence-corrected chi connectivity index (χ0v) is 70.2. The number of hydrogen-bond acceptors (Lipinski definition) is 26. The van der Waals surface area contributed by atoms with Gasteiger partial charge in [0.25, 0.3) is 0 Å². The van der Waals surface area contributed by atoms with Gasteiger partial charge in [-0.15, -0.1) is 0 Å². The highest BCUT2D eigenvalue weighted by molar-refractivity contribution is 5.84. The van der Waals surface area contributed by atoms with E-state index < -0.39 is 0 Å². The lowest BCUT2D eigenvalue weighted by atomic mass is 9.92. The lowest BCUT2D eigenvalue weighted by Crippen LogP contribution is -2.59. The minimum Gasteiger partial charge on any atom is -0.461 e. The molecule has 11 fully saturated rings. The predicted octanol–water partition coefficient (Wildman–Crippen LogP) is 5.45. The van der Waals surface area contributed by atoms with Gasteiger partial charge in [0.1, 0.15) is 11.9 Å². The third-order valence-corrected chi connectivity index (χ3v) is 23.2. The molecule has 18 N–H and O–H groups in total. The minimum atomic E-state index is -0.284. The third-order valence-electron chi connectivity index (χ3n) is 23.2. The Labute approximate surface area is 650 Å². The van der Waals surface area contributed by atoms with E-state index in [0.29, 0.717) is 78.8 Å². The number of amides is 1. The minimum absolute atomic E-state index is 0.00798. The summed E-state index contributed by atoms with van der Waals surface area (Å²) in [6.07, 6.45) is 41.6. The van der Waals surface area contributed by atoms with Crippen molar-refractivity contribution in [2.75, 3.05) is 151 Å². The number of morpholine rings is 1. The average molecular weight is 1530 g/mol. The predicted molar refractivity (Wildman–Crippen MR) is 437 cm³/mol. The van der Waals surface area contributed by atoms with Gasteiger partial charge in [0, 0.05) is 147 Å². The number of methoxy groups -OCH3 is 3. The van der Waals surface area contributed by atoms with Crippen molar-refractivity contribution in [1.82, 2.24) is 63.0 Å². The highest BCUT2D eigenvalue weighted by Gasteiger charge is 2.30. The number of hydrogen-bond donors (Lipinski definition) is 16. The number of ether oxygens (including phenoxy) is 5. The van der Waals surface area contributed by atoms with Crippen LogP contribution >= 0.6 is 0 Å². The average Bonchev–Trinajstić information content (AvgIpc) is 0.864. The Hall–Kier alpha value is -2.72. The molecule has 9 saturated carbocycles. The first-order valence-electron chi connectivity index (χ1n) is 41.9. The molecule has 2 saturated heterocycles. The molecular formula is C80H167N15O12. The number of ketones is 1. The van der Waals surface area contributed by atoms with Crippen molar-refractivity contribution in [3.63, 3.8) is 0 Å². The number of rotatable bonds is 17. The number of nitrogens with two attached hydrogens (primary N) is 2. The van der Waals surface area contributed by atoms with Crippen LogP contribution in [0.3, 0.4) is 0 Å². The Balaban J connectivity index is 0.000000595. The van der Waals surface area contributed by atoms with Gasteiger partial charge in [-0.2, -0.15) is 0 Å². The lowest BCUT2D eigenvalue weighted by molar-refractivity contribution is -0.149. The van der Waals surface area contributed by atoms with Crippen LogP contribution < -0.4 is 64.6 Å². The van der Waals surface area contributed by atoms with Crippen LogP contribution in [0.4, 0.5) is 0 Å². The Kier molecular flexibility index (Phi) is 63.8. The van der Waals surface area contributed by atoms with Crippen LogP contribution in [0, 0.1) is 0 Å². The summed E-state index contributed by atoms with van der Waals surface area (Å²) in [7, 11) is 26.7. The van der Waals surface area contributed by atoms with E-state index in [0.717, 1.165) is 192 Å². The molecule has 0 aromatic carbocycles. The second-order valence-corrected chi connectivity index (χ2v) is 30.9. The number of carbonyl (C=O) groups excluding carboxylic acids is 3. The zero-order valence-electron chi connectivity index (χ0n) is 70.2. The molecule has 27 heteroatoms. The molecule has 9 aliphatic carbocycles. The smallest absolute Gasteiger partial charge is 0.319 e. The van der Waals surface area contributed by atoms with Gasteiger partial charge in [-0.1, -0.05) is 30.8 Å². The summed E-state index contributed by atoms with van der Waals surface area (Å²) in [5.41, 5.74) is 11.8. The van der Waals surface area contributed by atoms with E-state index in [1.165, 1.54) is 103 Å². The van der Waals surface area contributed by atoms with Gasteiger partial charge in [-0.05, 0) is 263 Å². The normalized spacial score (nSPS) is 30.2. The first kappa shape index (κ1) is 102. The lowest BCUT2D eigenvalue weighted by Gasteiger charge is -2.39. The molecule has 27 nitrogen and oxygen atoms in total. The molecule has 6 atom stereocenters. The zero-order chi connectivity index (χ0) is 79.4. The molecule has 0 bridgehead atoms. The van der Waals surface area contributed by atoms with Crippen molar-refractivity contribution < 1.29 is 58.6 Å². The maximum Gasteiger partial charge on any atom is 0.319 e. The van der Waals surface area contributed by atoms with Gasteiger partial charge in [0.05, 0.1) is 56.0 Å². The van der Waals surface area contributed by atoms with E-state index in [-0.39, 0.29) is 42.8 Å². The fourth-order valence-electron chi connectivity index (χ4n) is 15.3. The second kappa shape index (κ2) is 66.7. The molecule has 1 amide bonds. The first-order valence-corrected chi connectivity index (χ1v) is 41.9. The molecule has 2 heterocycles. The maximum atomic E-state index is 11.8. The summed E-state index contributed by atoms with van der Waals surface area (Å²) in [4.78, 5) is 37.6. The largest absolute Gasteiger partial charge is 0.461 e. The number of oxime groups is 1. The van der Waals surface area contributed by atoms with Crippen LogP contribution in [0.15, 0.2) is 5.16 Å². The molecule has 634 valence electrons. The van der Waals surface area contributed by atoms with E-state index in [4.69, 9.17) is 40.7 Å². The summed E-state index contributed by atoms with van der Waals surface area (Å²) < 4.78 is 25.2. The van der Waals surface area contributed by atoms with Crippen LogP contribution in [0.2, 0.25) is 0 Å². The first-order chi connectivity index (χ1) is 51.7. The fraction of sp³-hybridized carbons (Fsp3) is 0.950.